The second-order valence-electron chi connectivity index (χ2n) is 4.00. The molecule has 2 N–H and O–H groups in total. The quantitative estimate of drug-likeness (QED) is 0.836. The summed E-state index contributed by atoms with van der Waals surface area (Å²) in [5.74, 6) is -0.547. The van der Waals surface area contributed by atoms with Crippen molar-refractivity contribution < 1.29 is 9.50 Å². The Balaban J connectivity index is 2.08. The van der Waals surface area contributed by atoms with Crippen LogP contribution < -0.4 is 5.32 Å². The van der Waals surface area contributed by atoms with E-state index in [1.54, 1.807) is 6.20 Å². The van der Waals surface area contributed by atoms with Crippen molar-refractivity contribution in [2.75, 3.05) is 5.32 Å². The lowest BCUT2D eigenvalue weighted by Gasteiger charge is -2.08. The number of rotatable bonds is 3. The maximum Gasteiger partial charge on any atom is 0.132 e. The van der Waals surface area contributed by atoms with Crippen LogP contribution in [0, 0.1) is 12.7 Å². The molecule has 5 heteroatoms. The highest BCUT2D eigenvalue weighted by Crippen LogP contribution is 2.18. The van der Waals surface area contributed by atoms with Crippen LogP contribution in [0.5, 0.6) is 5.75 Å². The van der Waals surface area contributed by atoms with E-state index < -0.39 is 5.82 Å². The number of phenols is 1. The lowest BCUT2D eigenvalue weighted by Crippen LogP contribution is -2.00. The lowest BCUT2D eigenvalue weighted by atomic mass is 10.2. The van der Waals surface area contributed by atoms with E-state index in [-0.39, 0.29) is 5.75 Å². The van der Waals surface area contributed by atoms with Crippen LogP contribution in [0.25, 0.3) is 0 Å². The number of hydrogen-bond donors (Lipinski definition) is 2. The lowest BCUT2D eigenvalue weighted by molar-refractivity contribution is 0.468. The van der Waals surface area contributed by atoms with E-state index in [0.717, 1.165) is 17.3 Å². The van der Waals surface area contributed by atoms with E-state index in [1.807, 2.05) is 13.0 Å². The van der Waals surface area contributed by atoms with Gasteiger partial charge in [-0.15, -0.1) is 0 Å². The molecule has 0 saturated carbocycles. The van der Waals surface area contributed by atoms with Crippen molar-refractivity contribution in [3.8, 4) is 5.75 Å². The smallest absolute Gasteiger partial charge is 0.132 e. The summed E-state index contributed by atoms with van der Waals surface area (Å²) in [6.07, 6.45) is 1.61. The molecule has 0 bridgehead atoms. The molecule has 1 aromatic carbocycles. The van der Waals surface area contributed by atoms with Gasteiger partial charge in [0.15, 0.2) is 0 Å². The van der Waals surface area contributed by atoms with Crippen molar-refractivity contribution in [3.63, 3.8) is 0 Å². The summed E-state index contributed by atoms with van der Waals surface area (Å²) in [5, 5.41) is 12.8. The van der Waals surface area contributed by atoms with Gasteiger partial charge in [-0.1, -0.05) is 11.6 Å². The second kappa shape index (κ2) is 5.23. The molecule has 94 valence electrons. The van der Waals surface area contributed by atoms with Crippen LogP contribution >= 0.6 is 11.6 Å². The SMILES string of the molecule is Cc1cc(NCc2cc(O)cc(F)c2)cnc1Cl. The molecule has 1 heterocycles. The largest absolute Gasteiger partial charge is 0.508 e. The third-order valence-electron chi connectivity index (χ3n) is 2.45. The Morgan fingerprint density at radius 3 is 2.78 bits per heavy atom. The van der Waals surface area contributed by atoms with Crippen LogP contribution in [0.15, 0.2) is 30.5 Å². The number of aryl methyl sites for hydroxylation is 1. The molecular formula is C13H12ClFN2O. The Bertz CT molecular complexity index is 555. The fraction of sp³-hybridized carbons (Fsp3) is 0.154. The van der Waals surface area contributed by atoms with Crippen LogP contribution in [0.1, 0.15) is 11.1 Å². The maximum absolute atomic E-state index is 13.1. The molecule has 0 atom stereocenters. The molecule has 0 aliphatic rings. The first-order valence-corrected chi connectivity index (χ1v) is 5.77. The Morgan fingerprint density at radius 1 is 1.33 bits per heavy atom. The van der Waals surface area contributed by atoms with Crippen molar-refractivity contribution in [2.24, 2.45) is 0 Å². The highest BCUT2D eigenvalue weighted by molar-refractivity contribution is 6.30. The molecule has 2 rings (SSSR count). The standard InChI is InChI=1S/C13H12ClFN2O/c1-8-2-11(7-17-13(8)14)16-6-9-3-10(15)5-12(18)4-9/h2-5,7,16,18H,6H2,1H3. The van der Waals surface area contributed by atoms with Crippen LogP contribution in [0.3, 0.4) is 0 Å². The van der Waals surface area contributed by atoms with Crippen LogP contribution in [0.2, 0.25) is 5.15 Å². The summed E-state index contributed by atoms with van der Waals surface area (Å²) in [6, 6.07) is 5.79. The number of anilines is 1. The van der Waals surface area contributed by atoms with E-state index >= 15 is 0 Å². The number of nitrogens with zero attached hydrogens (tertiary/aromatic N) is 1. The van der Waals surface area contributed by atoms with E-state index in [4.69, 9.17) is 11.6 Å². The zero-order valence-corrected chi connectivity index (χ0v) is 10.5. The van der Waals surface area contributed by atoms with Gasteiger partial charge in [-0.25, -0.2) is 9.37 Å². The predicted molar refractivity (Wildman–Crippen MR) is 69.4 cm³/mol. The molecule has 18 heavy (non-hydrogen) atoms. The monoisotopic (exact) mass is 266 g/mol. The summed E-state index contributed by atoms with van der Waals surface area (Å²) in [5.41, 5.74) is 2.31. The van der Waals surface area contributed by atoms with Gasteiger partial charge in [-0.3, -0.25) is 0 Å². The molecule has 2 aromatic rings. The number of aromatic hydroxyl groups is 1. The zero-order valence-electron chi connectivity index (χ0n) is 9.74. The molecule has 0 spiro atoms. The molecule has 0 fully saturated rings. The van der Waals surface area contributed by atoms with Gasteiger partial charge in [0.2, 0.25) is 0 Å². The molecule has 0 unspecified atom stereocenters. The average Bonchev–Trinajstić information content (AvgIpc) is 2.29. The molecule has 1 aromatic heterocycles. The molecular weight excluding hydrogens is 255 g/mol. The van der Waals surface area contributed by atoms with Gasteiger partial charge in [-0.2, -0.15) is 0 Å². The first kappa shape index (κ1) is 12.6. The maximum atomic E-state index is 13.1. The number of benzene rings is 1. The highest BCUT2D eigenvalue weighted by atomic mass is 35.5. The number of pyridine rings is 1. The van der Waals surface area contributed by atoms with E-state index in [2.05, 4.69) is 10.3 Å². The van der Waals surface area contributed by atoms with Gasteiger partial charge in [0.05, 0.1) is 11.9 Å². The Morgan fingerprint density at radius 2 is 2.11 bits per heavy atom. The van der Waals surface area contributed by atoms with Gasteiger partial charge in [0.25, 0.3) is 0 Å². The van der Waals surface area contributed by atoms with Crippen LogP contribution in [-0.2, 0) is 6.54 Å². The predicted octanol–water partition coefficient (Wildman–Crippen LogP) is 3.50. The van der Waals surface area contributed by atoms with Gasteiger partial charge >= 0.3 is 0 Å². The van der Waals surface area contributed by atoms with Crippen molar-refractivity contribution in [2.45, 2.75) is 13.5 Å². The molecule has 0 amide bonds. The fourth-order valence-corrected chi connectivity index (χ4v) is 1.70. The van der Waals surface area contributed by atoms with Crippen molar-refractivity contribution in [1.29, 1.82) is 0 Å². The number of hydrogen-bond acceptors (Lipinski definition) is 3. The highest BCUT2D eigenvalue weighted by Gasteiger charge is 2.02. The summed E-state index contributed by atoms with van der Waals surface area (Å²) in [7, 11) is 0. The fourth-order valence-electron chi connectivity index (χ4n) is 1.59. The molecule has 0 aliphatic heterocycles. The van der Waals surface area contributed by atoms with Crippen LogP contribution in [-0.4, -0.2) is 10.1 Å². The van der Waals surface area contributed by atoms with Gasteiger partial charge in [-0.05, 0) is 36.2 Å². The van der Waals surface area contributed by atoms with E-state index in [0.29, 0.717) is 17.3 Å². The summed E-state index contributed by atoms with van der Waals surface area (Å²) >= 11 is 5.82. The first-order chi connectivity index (χ1) is 8.54. The summed E-state index contributed by atoms with van der Waals surface area (Å²) in [6.45, 7) is 2.25. The van der Waals surface area contributed by atoms with Crippen molar-refractivity contribution >= 4 is 17.3 Å². The minimum Gasteiger partial charge on any atom is -0.508 e. The van der Waals surface area contributed by atoms with E-state index in [1.165, 1.54) is 12.1 Å². The third kappa shape index (κ3) is 3.11. The third-order valence-corrected chi connectivity index (χ3v) is 2.85. The molecule has 0 radical (unpaired) electrons. The number of phenolic OH excluding ortho intramolecular Hbond substituents is 1. The molecule has 0 saturated heterocycles. The minimum atomic E-state index is -0.461. The van der Waals surface area contributed by atoms with Crippen molar-refractivity contribution in [1.82, 2.24) is 4.98 Å². The van der Waals surface area contributed by atoms with E-state index in [9.17, 15) is 9.50 Å². The normalized spacial score (nSPS) is 10.4. The average molecular weight is 267 g/mol. The Hall–Kier alpha value is -1.81. The Labute approximate surface area is 109 Å². The number of nitrogens with one attached hydrogen (secondary N) is 1. The second-order valence-corrected chi connectivity index (χ2v) is 4.36. The summed E-state index contributed by atoms with van der Waals surface area (Å²) < 4.78 is 13.1. The topological polar surface area (TPSA) is 45.1 Å². The molecule has 3 nitrogen and oxygen atoms in total. The molecule has 0 aliphatic carbocycles. The van der Waals surface area contributed by atoms with Gasteiger partial charge in [0, 0.05) is 12.6 Å². The zero-order chi connectivity index (χ0) is 13.1. The Kier molecular flexibility index (Phi) is 3.67. The first-order valence-electron chi connectivity index (χ1n) is 5.39. The van der Waals surface area contributed by atoms with Gasteiger partial charge in [0.1, 0.15) is 16.7 Å². The number of aromatic nitrogens is 1. The number of halogens is 2. The van der Waals surface area contributed by atoms with Crippen LogP contribution in [0.4, 0.5) is 10.1 Å². The van der Waals surface area contributed by atoms with Gasteiger partial charge < -0.3 is 10.4 Å². The van der Waals surface area contributed by atoms with Crippen molar-refractivity contribution in [3.05, 3.63) is 52.6 Å². The summed E-state index contributed by atoms with van der Waals surface area (Å²) in [4.78, 5) is 4.01. The minimum absolute atomic E-state index is 0.0859.